The van der Waals surface area contributed by atoms with Crippen molar-refractivity contribution in [2.24, 2.45) is 4.99 Å². The maximum Gasteiger partial charge on any atom is 0.353 e. The topological polar surface area (TPSA) is 175 Å². The molecule has 4 rings (SSSR count). The van der Waals surface area contributed by atoms with Crippen LogP contribution in [-0.2, 0) is 0 Å². The Hall–Kier alpha value is -4.61. The number of nitrogens with zero attached hydrogens (tertiary/aromatic N) is 4. The lowest BCUT2D eigenvalue weighted by Crippen LogP contribution is -2.32. The van der Waals surface area contributed by atoms with Crippen LogP contribution in [0.3, 0.4) is 0 Å². The van der Waals surface area contributed by atoms with Crippen LogP contribution in [0.25, 0.3) is 0 Å². The van der Waals surface area contributed by atoms with E-state index in [1.165, 1.54) is 11.3 Å². The minimum Gasteiger partial charge on any atom is -0.422 e. The monoisotopic (exact) mass is 430 g/mol. The minimum absolute atomic E-state index is 0.0287. The summed E-state index contributed by atoms with van der Waals surface area (Å²) in [5, 5.41) is 25.4. The molecule has 0 saturated heterocycles. The molecule has 2 aromatic heterocycles. The number of hydrogen-bond donors (Lipinski definition) is 4. The third-order valence-corrected chi connectivity index (χ3v) is 5.34. The number of rotatable bonds is 3. The smallest absolute Gasteiger partial charge is 0.353 e. The van der Waals surface area contributed by atoms with Gasteiger partial charge in [0.15, 0.2) is 6.19 Å². The van der Waals surface area contributed by atoms with E-state index in [1.54, 1.807) is 48.0 Å². The predicted octanol–water partition coefficient (Wildman–Crippen LogP) is 2.34. The Bertz CT molecular complexity index is 1270. The average molecular weight is 430 g/mol. The Kier molecular flexibility index (Phi) is 5.10. The highest BCUT2D eigenvalue weighted by Crippen LogP contribution is 2.40. The first kappa shape index (κ1) is 19.7. The van der Waals surface area contributed by atoms with Gasteiger partial charge in [0.25, 0.3) is 0 Å². The van der Waals surface area contributed by atoms with E-state index in [4.69, 9.17) is 21.5 Å². The molecule has 11 heteroatoms. The second kappa shape index (κ2) is 8.02. The standard InChI is InChI=1S/C20H14N8O2S/c21-8-12-15(23)14-16(26-20(25-9-22)28-18(14)27-17(12)24)10-3-5-11(6-4-10)30-19(29)13-2-1-7-31-13/h1-7,16H,(H6,23,24,25,26,27,28). The number of ether oxygens (including phenoxy) is 1. The number of nitrogen functional groups attached to an aromatic ring is 2. The maximum absolute atomic E-state index is 12.1. The number of carbonyl (C=O) groups is 1. The Morgan fingerprint density at radius 3 is 2.65 bits per heavy atom. The summed E-state index contributed by atoms with van der Waals surface area (Å²) in [6.45, 7) is 0. The summed E-state index contributed by atoms with van der Waals surface area (Å²) in [5.41, 5.74) is 13.4. The van der Waals surface area contributed by atoms with Crippen LogP contribution >= 0.6 is 11.3 Å². The van der Waals surface area contributed by atoms with E-state index < -0.39 is 12.0 Å². The lowest BCUT2D eigenvalue weighted by atomic mass is 9.95. The highest BCUT2D eigenvalue weighted by Gasteiger charge is 2.29. The zero-order valence-electron chi connectivity index (χ0n) is 15.8. The van der Waals surface area contributed by atoms with Gasteiger partial charge in [-0.3, -0.25) is 5.32 Å². The second-order valence-electron chi connectivity index (χ2n) is 6.34. The fourth-order valence-corrected chi connectivity index (χ4v) is 3.69. The molecule has 0 spiro atoms. The van der Waals surface area contributed by atoms with Gasteiger partial charge in [0, 0.05) is 5.56 Å². The molecule has 6 N–H and O–H groups in total. The van der Waals surface area contributed by atoms with Crippen LogP contribution in [0, 0.1) is 22.8 Å². The lowest BCUT2D eigenvalue weighted by Gasteiger charge is -2.26. The zero-order valence-corrected chi connectivity index (χ0v) is 16.6. The first-order valence-corrected chi connectivity index (χ1v) is 9.74. The summed E-state index contributed by atoms with van der Waals surface area (Å²) in [5.74, 6) is 0.330. The molecule has 0 saturated carbocycles. The fraction of sp³-hybridized carbons (Fsp3) is 0.0500. The Balaban J connectivity index is 1.71. The molecule has 0 aliphatic carbocycles. The minimum atomic E-state index is -0.672. The van der Waals surface area contributed by atoms with E-state index in [-0.39, 0.29) is 23.0 Å². The predicted molar refractivity (Wildman–Crippen MR) is 115 cm³/mol. The second-order valence-corrected chi connectivity index (χ2v) is 7.29. The summed E-state index contributed by atoms with van der Waals surface area (Å²) in [4.78, 5) is 21.3. The Labute approximate surface area is 180 Å². The van der Waals surface area contributed by atoms with Crippen molar-refractivity contribution in [2.45, 2.75) is 6.04 Å². The van der Waals surface area contributed by atoms with Crippen molar-refractivity contribution in [1.82, 2.24) is 10.3 Å². The molecule has 1 aromatic carbocycles. The van der Waals surface area contributed by atoms with Gasteiger partial charge in [0.2, 0.25) is 5.96 Å². The molecule has 0 bridgehead atoms. The number of guanidine groups is 1. The van der Waals surface area contributed by atoms with Gasteiger partial charge in [-0.25, -0.2) is 14.8 Å². The van der Waals surface area contributed by atoms with Gasteiger partial charge in [-0.05, 0) is 29.1 Å². The molecule has 0 amide bonds. The Morgan fingerprint density at radius 2 is 2.00 bits per heavy atom. The molecule has 0 radical (unpaired) electrons. The van der Waals surface area contributed by atoms with Gasteiger partial charge < -0.3 is 21.5 Å². The van der Waals surface area contributed by atoms with Crippen molar-refractivity contribution < 1.29 is 9.53 Å². The molecule has 0 fully saturated rings. The first-order chi connectivity index (χ1) is 15.0. The highest BCUT2D eigenvalue weighted by atomic mass is 32.1. The van der Waals surface area contributed by atoms with Crippen LogP contribution in [0.5, 0.6) is 5.75 Å². The van der Waals surface area contributed by atoms with Crippen LogP contribution in [0.4, 0.5) is 17.3 Å². The molecule has 1 unspecified atom stereocenters. The fourth-order valence-electron chi connectivity index (χ4n) is 3.09. The van der Waals surface area contributed by atoms with E-state index >= 15 is 0 Å². The molecular weight excluding hydrogens is 416 g/mol. The van der Waals surface area contributed by atoms with Gasteiger partial charge in [-0.1, -0.05) is 18.2 Å². The van der Waals surface area contributed by atoms with Gasteiger partial charge in [-0.15, -0.1) is 11.3 Å². The molecule has 10 nitrogen and oxygen atoms in total. The molecule has 1 atom stereocenters. The number of anilines is 3. The summed E-state index contributed by atoms with van der Waals surface area (Å²) < 4.78 is 5.38. The molecular formula is C20H14N8O2S. The van der Waals surface area contributed by atoms with Crippen molar-refractivity contribution in [3.63, 3.8) is 0 Å². The summed E-state index contributed by atoms with van der Waals surface area (Å²) in [6, 6.07) is 11.4. The van der Waals surface area contributed by atoms with Crippen molar-refractivity contribution in [3.8, 4) is 18.0 Å². The Morgan fingerprint density at radius 1 is 1.23 bits per heavy atom. The number of nitrogens with two attached hydrogens (primary N) is 2. The molecule has 1 aliphatic rings. The number of pyridine rings is 1. The van der Waals surface area contributed by atoms with Crippen LogP contribution in [0.1, 0.15) is 32.4 Å². The number of nitrogens with one attached hydrogen (secondary N) is 2. The number of nitriles is 2. The SMILES string of the molecule is N#CNC1=NC(c2ccc(OC(=O)c3cccs3)cc2)c2c(nc(N)c(C#N)c2N)N1. The average Bonchev–Trinajstić information content (AvgIpc) is 3.29. The van der Waals surface area contributed by atoms with E-state index in [0.29, 0.717) is 27.6 Å². The molecule has 152 valence electrons. The summed E-state index contributed by atoms with van der Waals surface area (Å²) >= 11 is 1.29. The lowest BCUT2D eigenvalue weighted by molar-refractivity contribution is 0.0740. The summed E-state index contributed by atoms with van der Waals surface area (Å²) in [6.07, 6.45) is 1.79. The van der Waals surface area contributed by atoms with E-state index in [1.807, 2.05) is 6.07 Å². The third-order valence-electron chi connectivity index (χ3n) is 4.49. The van der Waals surface area contributed by atoms with Crippen molar-refractivity contribution >= 4 is 40.6 Å². The van der Waals surface area contributed by atoms with Crippen LogP contribution < -0.4 is 26.8 Å². The quantitative estimate of drug-likeness (QED) is 0.210. The van der Waals surface area contributed by atoms with Gasteiger partial charge in [0.05, 0.1) is 5.69 Å². The molecule has 31 heavy (non-hydrogen) atoms. The van der Waals surface area contributed by atoms with Gasteiger partial charge >= 0.3 is 5.97 Å². The number of aromatic nitrogens is 1. The summed E-state index contributed by atoms with van der Waals surface area (Å²) in [7, 11) is 0. The van der Waals surface area contributed by atoms with Crippen molar-refractivity contribution in [3.05, 3.63) is 63.3 Å². The van der Waals surface area contributed by atoms with E-state index in [9.17, 15) is 10.1 Å². The number of fused-ring (bicyclic) bond motifs is 1. The third kappa shape index (κ3) is 3.69. The molecule has 1 aliphatic heterocycles. The molecule has 3 aromatic rings. The zero-order chi connectivity index (χ0) is 22.0. The van der Waals surface area contributed by atoms with Gasteiger partial charge in [0.1, 0.15) is 39.9 Å². The van der Waals surface area contributed by atoms with Gasteiger partial charge in [-0.2, -0.15) is 10.5 Å². The van der Waals surface area contributed by atoms with Crippen LogP contribution in [-0.4, -0.2) is 16.9 Å². The number of hydrogen-bond acceptors (Lipinski definition) is 11. The van der Waals surface area contributed by atoms with Crippen molar-refractivity contribution in [1.29, 1.82) is 10.5 Å². The van der Waals surface area contributed by atoms with E-state index in [0.717, 1.165) is 0 Å². The first-order valence-electron chi connectivity index (χ1n) is 8.86. The normalized spacial score (nSPS) is 14.3. The van der Waals surface area contributed by atoms with Crippen LogP contribution in [0.15, 0.2) is 46.8 Å². The van der Waals surface area contributed by atoms with E-state index in [2.05, 4.69) is 20.6 Å². The van der Waals surface area contributed by atoms with Crippen molar-refractivity contribution in [2.75, 3.05) is 16.8 Å². The number of aliphatic imine (C=N–C) groups is 1. The number of carbonyl (C=O) groups excluding carboxylic acids is 1. The highest BCUT2D eigenvalue weighted by molar-refractivity contribution is 7.12. The maximum atomic E-state index is 12.1. The largest absolute Gasteiger partial charge is 0.422 e. The number of esters is 1. The van der Waals surface area contributed by atoms with Crippen LogP contribution in [0.2, 0.25) is 0 Å². The number of thiophene rings is 1. The molecule has 3 heterocycles. The number of benzene rings is 1.